The van der Waals surface area contributed by atoms with Crippen molar-refractivity contribution in [1.29, 1.82) is 0 Å². The SMILES string of the molecule is COC(=O)C(C)(CCc1ccccc1)N=[N+]=[N-]. The van der Waals surface area contributed by atoms with Gasteiger partial charge in [0.25, 0.3) is 0 Å². The zero-order chi connectivity index (χ0) is 12.7. The van der Waals surface area contributed by atoms with Crippen LogP contribution >= 0.6 is 0 Å². The summed E-state index contributed by atoms with van der Waals surface area (Å²) in [6, 6.07) is 9.72. The number of carbonyl (C=O) groups is 1. The minimum atomic E-state index is -1.14. The summed E-state index contributed by atoms with van der Waals surface area (Å²) in [6.45, 7) is 1.58. The van der Waals surface area contributed by atoms with Crippen LogP contribution in [-0.2, 0) is 16.0 Å². The summed E-state index contributed by atoms with van der Waals surface area (Å²) in [6.07, 6.45) is 1.08. The minimum Gasteiger partial charge on any atom is -0.469 e. The third-order valence-electron chi connectivity index (χ3n) is 2.63. The lowest BCUT2D eigenvalue weighted by molar-refractivity contribution is -0.146. The first kappa shape index (κ1) is 13.1. The van der Waals surface area contributed by atoms with Crippen LogP contribution in [0.15, 0.2) is 35.4 Å². The fourth-order valence-corrected chi connectivity index (χ4v) is 1.54. The molecule has 0 saturated carbocycles. The Kier molecular flexibility index (Phi) is 4.55. The van der Waals surface area contributed by atoms with Crippen molar-refractivity contribution in [3.05, 3.63) is 46.3 Å². The van der Waals surface area contributed by atoms with Crippen molar-refractivity contribution < 1.29 is 9.53 Å². The molecule has 0 aromatic heterocycles. The second-order valence-corrected chi connectivity index (χ2v) is 3.94. The Bertz CT molecular complexity index is 427. The van der Waals surface area contributed by atoms with E-state index in [1.807, 2.05) is 30.3 Å². The molecule has 5 heteroatoms. The summed E-state index contributed by atoms with van der Waals surface area (Å²) in [5, 5.41) is 3.55. The van der Waals surface area contributed by atoms with Crippen LogP contribution in [0.5, 0.6) is 0 Å². The number of hydrogen-bond acceptors (Lipinski definition) is 3. The highest BCUT2D eigenvalue weighted by atomic mass is 16.5. The molecule has 0 aliphatic rings. The summed E-state index contributed by atoms with van der Waals surface area (Å²) in [4.78, 5) is 14.3. The van der Waals surface area contributed by atoms with Crippen molar-refractivity contribution >= 4 is 5.97 Å². The minimum absolute atomic E-state index is 0.424. The van der Waals surface area contributed by atoms with Crippen LogP contribution in [0.4, 0.5) is 0 Å². The number of methoxy groups -OCH3 is 1. The molecule has 0 radical (unpaired) electrons. The molecule has 0 aliphatic carbocycles. The van der Waals surface area contributed by atoms with E-state index in [0.29, 0.717) is 12.8 Å². The molecule has 0 aliphatic heterocycles. The van der Waals surface area contributed by atoms with Crippen LogP contribution in [0.25, 0.3) is 10.4 Å². The largest absolute Gasteiger partial charge is 0.469 e. The van der Waals surface area contributed by atoms with E-state index in [9.17, 15) is 4.79 Å². The van der Waals surface area contributed by atoms with Gasteiger partial charge in [0.2, 0.25) is 0 Å². The van der Waals surface area contributed by atoms with E-state index < -0.39 is 11.5 Å². The molecule has 0 N–H and O–H groups in total. The molecule has 0 amide bonds. The molecule has 1 rings (SSSR count). The normalized spacial score (nSPS) is 13.3. The molecule has 1 atom stereocenters. The van der Waals surface area contributed by atoms with E-state index >= 15 is 0 Å². The van der Waals surface area contributed by atoms with Gasteiger partial charge in [0, 0.05) is 4.91 Å². The van der Waals surface area contributed by atoms with Crippen LogP contribution in [0, 0.1) is 0 Å². The van der Waals surface area contributed by atoms with Crippen LogP contribution in [-0.4, -0.2) is 18.6 Å². The average molecular weight is 233 g/mol. The molecule has 1 unspecified atom stereocenters. The van der Waals surface area contributed by atoms with Gasteiger partial charge in [0.05, 0.1) is 7.11 Å². The number of rotatable bonds is 5. The number of ether oxygens (including phenoxy) is 1. The summed E-state index contributed by atoms with van der Waals surface area (Å²) in [7, 11) is 1.29. The highest BCUT2D eigenvalue weighted by Gasteiger charge is 2.32. The zero-order valence-electron chi connectivity index (χ0n) is 9.96. The predicted octanol–water partition coefficient (Wildman–Crippen LogP) is 2.86. The van der Waals surface area contributed by atoms with Gasteiger partial charge in [-0.2, -0.15) is 0 Å². The molecule has 5 nitrogen and oxygen atoms in total. The first-order chi connectivity index (χ1) is 8.12. The monoisotopic (exact) mass is 233 g/mol. The highest BCUT2D eigenvalue weighted by molar-refractivity contribution is 5.80. The van der Waals surface area contributed by atoms with Gasteiger partial charge >= 0.3 is 5.97 Å². The lowest BCUT2D eigenvalue weighted by Gasteiger charge is -2.20. The van der Waals surface area contributed by atoms with Gasteiger partial charge in [0.1, 0.15) is 5.54 Å². The van der Waals surface area contributed by atoms with Crippen LogP contribution < -0.4 is 0 Å². The standard InChI is InChI=1S/C12H15N3O2/c1-12(14-15-13,11(16)17-2)9-8-10-6-4-3-5-7-10/h3-7H,8-9H2,1-2H3. The molecule has 0 fully saturated rings. The van der Waals surface area contributed by atoms with Crippen molar-refractivity contribution in [3.8, 4) is 0 Å². The molecule has 0 bridgehead atoms. The summed E-state index contributed by atoms with van der Waals surface area (Å²) < 4.78 is 4.65. The number of benzene rings is 1. The van der Waals surface area contributed by atoms with E-state index in [-0.39, 0.29) is 0 Å². The topological polar surface area (TPSA) is 75.1 Å². The van der Waals surface area contributed by atoms with Crippen molar-refractivity contribution in [1.82, 2.24) is 0 Å². The number of aryl methyl sites for hydroxylation is 1. The Hall–Kier alpha value is -2.00. The third-order valence-corrected chi connectivity index (χ3v) is 2.63. The first-order valence-corrected chi connectivity index (χ1v) is 5.31. The number of carbonyl (C=O) groups excluding carboxylic acids is 1. The fourth-order valence-electron chi connectivity index (χ4n) is 1.54. The van der Waals surface area contributed by atoms with E-state index in [1.165, 1.54) is 7.11 Å². The van der Waals surface area contributed by atoms with Crippen molar-refractivity contribution in [2.75, 3.05) is 7.11 Å². The fraction of sp³-hybridized carbons (Fsp3) is 0.417. The maximum absolute atomic E-state index is 11.6. The lowest BCUT2D eigenvalue weighted by atomic mass is 9.94. The Morgan fingerprint density at radius 2 is 2.12 bits per heavy atom. The maximum atomic E-state index is 11.6. The Balaban J connectivity index is 2.75. The smallest absolute Gasteiger partial charge is 0.317 e. The molecular weight excluding hydrogens is 218 g/mol. The average Bonchev–Trinajstić information content (AvgIpc) is 2.37. The van der Waals surface area contributed by atoms with E-state index in [4.69, 9.17) is 5.53 Å². The lowest BCUT2D eigenvalue weighted by Crippen LogP contribution is -2.34. The van der Waals surface area contributed by atoms with Gasteiger partial charge in [0.15, 0.2) is 0 Å². The summed E-state index contributed by atoms with van der Waals surface area (Å²) >= 11 is 0. The summed E-state index contributed by atoms with van der Waals surface area (Å²) in [5.41, 5.74) is 8.45. The molecule has 0 heterocycles. The first-order valence-electron chi connectivity index (χ1n) is 5.31. The number of nitrogens with zero attached hydrogens (tertiary/aromatic N) is 3. The molecule has 17 heavy (non-hydrogen) atoms. The second-order valence-electron chi connectivity index (χ2n) is 3.94. The molecular formula is C12H15N3O2. The molecule has 90 valence electrons. The van der Waals surface area contributed by atoms with Gasteiger partial charge in [-0.15, -0.1) is 0 Å². The van der Waals surface area contributed by atoms with Gasteiger partial charge in [-0.25, -0.2) is 0 Å². The molecule has 1 aromatic rings. The van der Waals surface area contributed by atoms with Crippen molar-refractivity contribution in [3.63, 3.8) is 0 Å². The molecule has 0 spiro atoms. The Morgan fingerprint density at radius 3 is 2.65 bits per heavy atom. The predicted molar refractivity (Wildman–Crippen MR) is 64.3 cm³/mol. The van der Waals surface area contributed by atoms with E-state index in [0.717, 1.165) is 5.56 Å². The van der Waals surface area contributed by atoms with Gasteiger partial charge < -0.3 is 4.74 Å². The zero-order valence-corrected chi connectivity index (χ0v) is 9.96. The quantitative estimate of drug-likeness (QED) is 0.339. The summed E-state index contributed by atoms with van der Waals surface area (Å²) in [5.74, 6) is -0.508. The van der Waals surface area contributed by atoms with Gasteiger partial charge in [-0.1, -0.05) is 35.4 Å². The molecule has 0 saturated heterocycles. The van der Waals surface area contributed by atoms with Crippen molar-refractivity contribution in [2.45, 2.75) is 25.3 Å². The second kappa shape index (κ2) is 5.92. The van der Waals surface area contributed by atoms with Crippen molar-refractivity contribution in [2.24, 2.45) is 5.11 Å². The molecule has 1 aromatic carbocycles. The van der Waals surface area contributed by atoms with Crippen LogP contribution in [0.3, 0.4) is 0 Å². The van der Waals surface area contributed by atoms with Gasteiger partial charge in [-0.05, 0) is 30.9 Å². The Morgan fingerprint density at radius 1 is 1.47 bits per heavy atom. The van der Waals surface area contributed by atoms with Crippen LogP contribution in [0.2, 0.25) is 0 Å². The maximum Gasteiger partial charge on any atom is 0.317 e. The number of esters is 1. The number of hydrogen-bond donors (Lipinski definition) is 0. The van der Waals surface area contributed by atoms with Crippen LogP contribution in [0.1, 0.15) is 18.9 Å². The van der Waals surface area contributed by atoms with E-state index in [2.05, 4.69) is 14.8 Å². The van der Waals surface area contributed by atoms with E-state index in [1.54, 1.807) is 6.92 Å². The highest BCUT2D eigenvalue weighted by Crippen LogP contribution is 2.20. The third kappa shape index (κ3) is 3.50. The number of azide groups is 1. The van der Waals surface area contributed by atoms with Gasteiger partial charge in [-0.3, -0.25) is 4.79 Å². The Labute approximate surface area is 100 Å².